The first-order valence-corrected chi connectivity index (χ1v) is 18.8. The average Bonchev–Trinajstić information content (AvgIpc) is 2.04. The molecule has 1 atom stereocenters. The Morgan fingerprint density at radius 3 is 2.58 bits per heavy atom. The fourth-order valence-electron chi connectivity index (χ4n) is 0.515. The Kier molecular flexibility index (Phi) is 12.1. The van der Waals surface area contributed by atoms with Gasteiger partial charge in [-0.25, -0.2) is 0 Å². The van der Waals surface area contributed by atoms with Crippen molar-refractivity contribution in [3.05, 3.63) is 0 Å². The Morgan fingerprint density at radius 2 is 2.17 bits per heavy atom. The molecule has 0 aromatic rings. The van der Waals surface area contributed by atoms with E-state index in [4.69, 9.17) is 3.07 Å². The summed E-state index contributed by atoms with van der Waals surface area (Å²) in [5.74, 6) is 0. The van der Waals surface area contributed by atoms with Crippen molar-refractivity contribution in [1.29, 1.82) is 0 Å². The molecule has 0 saturated heterocycles. The van der Waals surface area contributed by atoms with Crippen molar-refractivity contribution in [2.75, 3.05) is 17.3 Å². The van der Waals surface area contributed by atoms with Gasteiger partial charge >= 0.3 is 105 Å². The van der Waals surface area contributed by atoms with Crippen molar-refractivity contribution in [1.82, 2.24) is 0 Å². The zero-order chi connectivity index (χ0) is 9.40. The molecule has 12 heavy (non-hydrogen) atoms. The molecule has 0 aliphatic heterocycles. The van der Waals surface area contributed by atoms with Crippen molar-refractivity contribution in [2.24, 2.45) is 0 Å². The van der Waals surface area contributed by atoms with Crippen LogP contribution in [0.2, 0.25) is 0 Å². The Labute approximate surface area is 103 Å². The SMILES string of the molecule is CCOI(SC)[I-]C(C)[I-]CC. The molecule has 0 amide bonds. The minimum absolute atomic E-state index is 0.430. The molecule has 0 aliphatic rings. The van der Waals surface area contributed by atoms with E-state index in [1.54, 1.807) is 0 Å². The molecular weight excluding hydrogens is 513 g/mol. The summed E-state index contributed by atoms with van der Waals surface area (Å²) in [5.41, 5.74) is 0. The summed E-state index contributed by atoms with van der Waals surface area (Å²) < 4.78 is 8.34. The summed E-state index contributed by atoms with van der Waals surface area (Å²) in [4.78, 5) is 0. The van der Waals surface area contributed by atoms with Crippen LogP contribution in [0.3, 0.4) is 0 Å². The standard InChI is InChI=1S/C7H17I3OS/c1-5-8-7(3)9-10(12-4)11-6-2/h7H,5-6H2,1-4H3/q-2. The molecule has 0 radical (unpaired) electrons. The summed E-state index contributed by atoms with van der Waals surface area (Å²) >= 11 is 0.0238. The van der Waals surface area contributed by atoms with E-state index in [9.17, 15) is 0 Å². The second-order valence-electron chi connectivity index (χ2n) is 1.75. The molecule has 80 valence electrons. The fourth-order valence-corrected chi connectivity index (χ4v) is 41.0. The summed E-state index contributed by atoms with van der Waals surface area (Å²) in [6.45, 7) is 7.85. The Bertz CT molecular complexity index is 105. The Balaban J connectivity index is 3.53. The van der Waals surface area contributed by atoms with Crippen molar-refractivity contribution in [3.63, 3.8) is 0 Å². The van der Waals surface area contributed by atoms with Crippen LogP contribution in [0.25, 0.3) is 0 Å². The maximum absolute atomic E-state index is 5.79. The molecule has 1 unspecified atom stereocenters. The summed E-state index contributed by atoms with van der Waals surface area (Å²) in [6.07, 6.45) is 2.23. The van der Waals surface area contributed by atoms with Crippen LogP contribution in [0.4, 0.5) is 0 Å². The van der Waals surface area contributed by atoms with E-state index in [0.717, 1.165) is 8.54 Å². The second-order valence-corrected chi connectivity index (χ2v) is 29.1. The normalized spacial score (nSPS) is 15.2. The van der Waals surface area contributed by atoms with Gasteiger partial charge in [0.15, 0.2) is 0 Å². The number of rotatable bonds is 7. The van der Waals surface area contributed by atoms with Gasteiger partial charge in [-0.05, 0) is 0 Å². The van der Waals surface area contributed by atoms with Gasteiger partial charge < -0.3 is 0 Å². The number of hydrogen-bond donors (Lipinski definition) is 0. The number of hydrogen-bond acceptors (Lipinski definition) is 2. The molecule has 0 aliphatic carbocycles. The quantitative estimate of drug-likeness (QED) is 0.260. The molecular formula is C7H17I3OS-2. The molecule has 0 heterocycles. The van der Waals surface area contributed by atoms with Crippen molar-refractivity contribution < 1.29 is 41.5 Å². The van der Waals surface area contributed by atoms with Gasteiger partial charge in [-0.15, -0.1) is 0 Å². The van der Waals surface area contributed by atoms with Gasteiger partial charge in [-0.3, -0.25) is 0 Å². The van der Waals surface area contributed by atoms with Crippen LogP contribution in [0, 0.1) is 0 Å². The van der Waals surface area contributed by atoms with Crippen molar-refractivity contribution in [2.45, 2.75) is 22.7 Å². The van der Waals surface area contributed by atoms with Crippen molar-refractivity contribution >= 4 is 23.8 Å². The zero-order valence-corrected chi connectivity index (χ0v) is 15.2. The van der Waals surface area contributed by atoms with Crippen molar-refractivity contribution in [3.8, 4) is 0 Å². The molecule has 0 fully saturated rings. The van der Waals surface area contributed by atoms with Crippen LogP contribution in [0.5, 0.6) is 0 Å². The molecule has 0 saturated carbocycles. The van der Waals surface area contributed by atoms with Gasteiger partial charge in [0.2, 0.25) is 0 Å². The predicted molar refractivity (Wildman–Crippen MR) is 59.2 cm³/mol. The van der Waals surface area contributed by atoms with Crippen LogP contribution >= 0.6 is 23.8 Å². The predicted octanol–water partition coefficient (Wildman–Crippen LogP) is -2.82. The molecule has 1 nitrogen and oxygen atoms in total. The molecule has 0 aromatic carbocycles. The van der Waals surface area contributed by atoms with E-state index in [1.165, 1.54) is 4.43 Å². The second kappa shape index (κ2) is 10.0. The molecule has 5 heteroatoms. The van der Waals surface area contributed by atoms with E-state index in [0.29, 0.717) is 38.4 Å². The Morgan fingerprint density at radius 1 is 1.50 bits per heavy atom. The van der Waals surface area contributed by atoms with Crippen LogP contribution in [0.15, 0.2) is 0 Å². The monoisotopic (exact) mass is 530 g/mol. The van der Waals surface area contributed by atoms with Gasteiger partial charge in [0, 0.05) is 0 Å². The van der Waals surface area contributed by atoms with E-state index < -0.39 is 14.9 Å². The molecule has 0 spiro atoms. The summed E-state index contributed by atoms with van der Waals surface area (Å²) in [7, 11) is 2.05. The average molecular weight is 530 g/mol. The van der Waals surface area contributed by atoms with E-state index >= 15 is 0 Å². The van der Waals surface area contributed by atoms with Gasteiger partial charge in [0.05, 0.1) is 0 Å². The minimum atomic E-state index is -0.915. The van der Waals surface area contributed by atoms with E-state index in [1.807, 2.05) is 8.93 Å². The van der Waals surface area contributed by atoms with Gasteiger partial charge in [0.1, 0.15) is 0 Å². The summed E-state index contributed by atoms with van der Waals surface area (Å²) in [6, 6.07) is 0. The molecule has 0 rings (SSSR count). The van der Waals surface area contributed by atoms with Crippen LogP contribution in [0.1, 0.15) is 20.8 Å². The first kappa shape index (κ1) is 14.5. The Hall–Kier alpha value is 2.50. The molecule has 0 N–H and O–H groups in total. The number of halogens is 3. The molecule has 0 bridgehead atoms. The van der Waals surface area contributed by atoms with E-state index in [2.05, 4.69) is 27.0 Å². The number of alkyl halides is 3. The van der Waals surface area contributed by atoms with Gasteiger partial charge in [0.25, 0.3) is 0 Å². The molecule has 0 aromatic heterocycles. The summed E-state index contributed by atoms with van der Waals surface area (Å²) in [5, 5.41) is 0. The first-order chi connectivity index (χ1) is 5.74. The third kappa shape index (κ3) is 7.86. The third-order valence-electron chi connectivity index (χ3n) is 0.864. The van der Waals surface area contributed by atoms with Crippen LogP contribution < -0.4 is 38.4 Å². The van der Waals surface area contributed by atoms with Gasteiger partial charge in [-0.1, -0.05) is 0 Å². The third-order valence-corrected chi connectivity index (χ3v) is 36.5. The van der Waals surface area contributed by atoms with E-state index in [-0.39, 0.29) is 0 Å². The zero-order valence-electron chi connectivity index (χ0n) is 7.94. The van der Waals surface area contributed by atoms with Gasteiger partial charge in [-0.2, -0.15) is 0 Å². The fraction of sp³-hybridized carbons (Fsp3) is 1.00. The maximum atomic E-state index is 5.79. The van der Waals surface area contributed by atoms with Crippen LogP contribution in [-0.2, 0) is 3.07 Å². The topological polar surface area (TPSA) is 9.23 Å². The van der Waals surface area contributed by atoms with Crippen LogP contribution in [-0.4, -0.2) is 19.2 Å². The first-order valence-electron chi connectivity index (χ1n) is 3.84.